The van der Waals surface area contributed by atoms with Crippen molar-refractivity contribution in [2.45, 2.75) is 32.8 Å². The van der Waals surface area contributed by atoms with Crippen molar-refractivity contribution in [1.82, 2.24) is 9.97 Å². The number of hydrogen-bond acceptors (Lipinski definition) is 4. The van der Waals surface area contributed by atoms with E-state index in [4.69, 9.17) is 4.74 Å². The predicted molar refractivity (Wildman–Crippen MR) is 92.3 cm³/mol. The van der Waals surface area contributed by atoms with Crippen LogP contribution in [0.2, 0.25) is 0 Å². The zero-order chi connectivity index (χ0) is 17.3. The Morgan fingerprint density at radius 3 is 2.46 bits per heavy atom. The molecule has 0 bridgehead atoms. The summed E-state index contributed by atoms with van der Waals surface area (Å²) in [5, 5.41) is 10.8. The Bertz CT molecular complexity index is 869. The molecule has 0 aliphatic carbocycles. The van der Waals surface area contributed by atoms with Crippen LogP contribution in [0.3, 0.4) is 0 Å². The molecule has 1 N–H and O–H groups in total. The maximum Gasteiger partial charge on any atom is 0.271 e. The molecule has 1 aromatic heterocycles. The number of non-ortho nitro benzene ring substituents is 1. The minimum absolute atomic E-state index is 0.0375. The second-order valence-electron chi connectivity index (χ2n) is 6.06. The molecule has 1 atom stereocenters. The number of benzene rings is 2. The van der Waals surface area contributed by atoms with Crippen molar-refractivity contribution in [1.29, 1.82) is 0 Å². The van der Waals surface area contributed by atoms with Gasteiger partial charge in [0.1, 0.15) is 11.6 Å². The Labute approximate surface area is 139 Å². The lowest BCUT2D eigenvalue weighted by molar-refractivity contribution is -0.384. The SMILES string of the molecule is CC(C)c1ccc(OC(C)c2nc3ccc([N+](=O)[O-])cc3[nH]2)cc1. The lowest BCUT2D eigenvalue weighted by Gasteiger charge is -2.13. The number of H-pyrrole nitrogens is 1. The number of nitrogens with one attached hydrogen (secondary N) is 1. The van der Waals surface area contributed by atoms with Gasteiger partial charge in [-0.25, -0.2) is 4.98 Å². The molecule has 1 heterocycles. The van der Waals surface area contributed by atoms with Crippen LogP contribution >= 0.6 is 0 Å². The van der Waals surface area contributed by atoms with E-state index in [9.17, 15) is 10.1 Å². The van der Waals surface area contributed by atoms with Gasteiger partial charge in [0.05, 0.1) is 16.0 Å². The van der Waals surface area contributed by atoms with Crippen LogP contribution in [0.5, 0.6) is 5.75 Å². The normalized spacial score (nSPS) is 12.5. The second kappa shape index (κ2) is 6.31. The van der Waals surface area contributed by atoms with Gasteiger partial charge in [0.25, 0.3) is 5.69 Å². The molecule has 0 saturated carbocycles. The van der Waals surface area contributed by atoms with Gasteiger partial charge < -0.3 is 9.72 Å². The summed E-state index contributed by atoms with van der Waals surface area (Å²) >= 11 is 0. The highest BCUT2D eigenvalue weighted by molar-refractivity contribution is 5.77. The van der Waals surface area contributed by atoms with E-state index in [1.165, 1.54) is 17.7 Å². The molecular formula is C18H19N3O3. The first-order valence-electron chi connectivity index (χ1n) is 7.84. The van der Waals surface area contributed by atoms with Crippen molar-refractivity contribution in [3.8, 4) is 5.75 Å². The number of nitro benzene ring substituents is 1. The van der Waals surface area contributed by atoms with E-state index in [0.717, 1.165) is 5.75 Å². The highest BCUT2D eigenvalue weighted by atomic mass is 16.6. The van der Waals surface area contributed by atoms with Gasteiger partial charge in [-0.1, -0.05) is 26.0 Å². The summed E-state index contributed by atoms with van der Waals surface area (Å²) in [6.45, 7) is 6.18. The molecule has 0 saturated heterocycles. The monoisotopic (exact) mass is 325 g/mol. The van der Waals surface area contributed by atoms with Gasteiger partial charge in [0.2, 0.25) is 0 Å². The molecule has 0 amide bonds. The predicted octanol–water partition coefficient (Wildman–Crippen LogP) is 4.73. The number of rotatable bonds is 5. The fourth-order valence-corrected chi connectivity index (χ4v) is 2.51. The summed E-state index contributed by atoms with van der Waals surface area (Å²) in [4.78, 5) is 18.0. The van der Waals surface area contributed by atoms with Gasteiger partial charge in [-0.3, -0.25) is 10.1 Å². The van der Waals surface area contributed by atoms with Crippen LogP contribution in [0, 0.1) is 10.1 Å². The number of imidazole rings is 1. The number of nitrogens with zero attached hydrogens (tertiary/aromatic N) is 2. The molecule has 0 fully saturated rings. The first-order valence-corrected chi connectivity index (χ1v) is 7.84. The van der Waals surface area contributed by atoms with Gasteiger partial charge in [-0.15, -0.1) is 0 Å². The zero-order valence-electron chi connectivity index (χ0n) is 13.8. The van der Waals surface area contributed by atoms with Crippen LogP contribution in [0.15, 0.2) is 42.5 Å². The third-order valence-electron chi connectivity index (χ3n) is 3.94. The minimum atomic E-state index is -0.420. The molecule has 6 nitrogen and oxygen atoms in total. The van der Waals surface area contributed by atoms with Gasteiger partial charge in [0.15, 0.2) is 6.10 Å². The molecule has 124 valence electrons. The van der Waals surface area contributed by atoms with Crippen molar-refractivity contribution < 1.29 is 9.66 Å². The van der Waals surface area contributed by atoms with Gasteiger partial charge in [-0.05, 0) is 36.6 Å². The standard InChI is InChI=1S/C18H19N3O3/c1-11(2)13-4-7-15(8-5-13)24-12(3)18-19-16-9-6-14(21(22)23)10-17(16)20-18/h4-12H,1-3H3,(H,19,20). The van der Waals surface area contributed by atoms with E-state index in [2.05, 4.69) is 35.9 Å². The maximum atomic E-state index is 10.8. The van der Waals surface area contributed by atoms with Crippen LogP contribution < -0.4 is 4.74 Å². The Hall–Kier alpha value is -2.89. The molecule has 6 heteroatoms. The second-order valence-corrected chi connectivity index (χ2v) is 6.06. The number of hydrogen-bond donors (Lipinski definition) is 1. The van der Waals surface area contributed by atoms with Crippen molar-refractivity contribution in [2.24, 2.45) is 0 Å². The summed E-state index contributed by atoms with van der Waals surface area (Å²) in [5.74, 6) is 1.87. The van der Waals surface area contributed by atoms with E-state index in [-0.39, 0.29) is 11.8 Å². The largest absolute Gasteiger partial charge is 0.483 e. The van der Waals surface area contributed by atoms with E-state index in [0.29, 0.717) is 22.8 Å². The molecule has 24 heavy (non-hydrogen) atoms. The summed E-state index contributed by atoms with van der Waals surface area (Å²) in [6, 6.07) is 12.6. The average molecular weight is 325 g/mol. The van der Waals surface area contributed by atoms with Crippen LogP contribution in [0.1, 0.15) is 44.2 Å². The van der Waals surface area contributed by atoms with E-state index >= 15 is 0 Å². The Morgan fingerprint density at radius 1 is 1.12 bits per heavy atom. The molecule has 2 aromatic carbocycles. The van der Waals surface area contributed by atoms with Crippen LogP contribution in [0.4, 0.5) is 5.69 Å². The van der Waals surface area contributed by atoms with Crippen LogP contribution in [0.25, 0.3) is 11.0 Å². The molecule has 3 rings (SSSR count). The van der Waals surface area contributed by atoms with Crippen molar-refractivity contribution >= 4 is 16.7 Å². The third kappa shape index (κ3) is 3.22. The molecule has 0 radical (unpaired) electrons. The number of aromatic nitrogens is 2. The summed E-state index contributed by atoms with van der Waals surface area (Å²) in [7, 11) is 0. The van der Waals surface area contributed by atoms with Gasteiger partial charge in [-0.2, -0.15) is 0 Å². The van der Waals surface area contributed by atoms with Crippen LogP contribution in [-0.2, 0) is 0 Å². The Morgan fingerprint density at radius 2 is 1.83 bits per heavy atom. The van der Waals surface area contributed by atoms with Gasteiger partial charge >= 0.3 is 0 Å². The Kier molecular flexibility index (Phi) is 4.20. The first kappa shape index (κ1) is 16.0. The van der Waals surface area contributed by atoms with E-state index < -0.39 is 4.92 Å². The number of ether oxygens (including phenoxy) is 1. The lowest BCUT2D eigenvalue weighted by atomic mass is 10.0. The van der Waals surface area contributed by atoms with Crippen molar-refractivity contribution in [3.63, 3.8) is 0 Å². The number of nitro groups is 1. The first-order chi connectivity index (χ1) is 11.4. The topological polar surface area (TPSA) is 81.1 Å². The summed E-state index contributed by atoms with van der Waals surface area (Å²) < 4.78 is 5.91. The van der Waals surface area contributed by atoms with Gasteiger partial charge in [0, 0.05) is 12.1 Å². The van der Waals surface area contributed by atoms with Crippen LogP contribution in [-0.4, -0.2) is 14.9 Å². The third-order valence-corrected chi connectivity index (χ3v) is 3.94. The highest BCUT2D eigenvalue weighted by Gasteiger charge is 2.15. The summed E-state index contributed by atoms with van der Waals surface area (Å²) in [6.07, 6.45) is -0.290. The minimum Gasteiger partial charge on any atom is -0.483 e. The molecule has 3 aromatic rings. The van der Waals surface area contributed by atoms with E-state index in [1.807, 2.05) is 19.1 Å². The molecule has 1 unspecified atom stereocenters. The van der Waals surface area contributed by atoms with Crippen molar-refractivity contribution in [3.05, 3.63) is 64.0 Å². The quantitative estimate of drug-likeness (QED) is 0.543. The smallest absolute Gasteiger partial charge is 0.271 e. The molecule has 0 aliphatic rings. The van der Waals surface area contributed by atoms with E-state index in [1.54, 1.807) is 6.07 Å². The fourth-order valence-electron chi connectivity index (χ4n) is 2.51. The molecule has 0 spiro atoms. The number of fused-ring (bicyclic) bond motifs is 1. The Balaban J connectivity index is 1.80. The molecule has 0 aliphatic heterocycles. The van der Waals surface area contributed by atoms with Crippen molar-refractivity contribution in [2.75, 3.05) is 0 Å². The average Bonchev–Trinajstić information content (AvgIpc) is 2.98. The lowest BCUT2D eigenvalue weighted by Crippen LogP contribution is -2.05. The summed E-state index contributed by atoms with van der Waals surface area (Å²) in [5.41, 5.74) is 2.60. The maximum absolute atomic E-state index is 10.8. The zero-order valence-corrected chi connectivity index (χ0v) is 13.8. The molecular weight excluding hydrogens is 306 g/mol. The highest BCUT2D eigenvalue weighted by Crippen LogP contribution is 2.25. The fraction of sp³-hybridized carbons (Fsp3) is 0.278. The number of aromatic amines is 1.